The van der Waals surface area contributed by atoms with E-state index in [-0.39, 0.29) is 5.41 Å². The lowest BCUT2D eigenvalue weighted by Crippen LogP contribution is -2.81. The first-order chi connectivity index (χ1) is 11.0. The number of benzene rings is 2. The molecule has 0 aliphatic rings. The molecule has 0 atom stereocenters. The second-order valence-electron chi connectivity index (χ2n) is 8.94. The van der Waals surface area contributed by atoms with Gasteiger partial charge in [0.05, 0.1) is 4.85 Å². The van der Waals surface area contributed by atoms with Crippen molar-refractivity contribution in [3.8, 4) is 0 Å². The third kappa shape index (κ3) is 2.83. The fraction of sp³-hybridized carbons (Fsp3) is 0.429. The molecule has 0 amide bonds. The third-order valence-corrected chi connectivity index (χ3v) is 18.3. The number of aliphatic hydroxyl groups is 1. The minimum Gasteiger partial charge on any atom is -0.395 e. The van der Waals surface area contributed by atoms with Crippen LogP contribution >= 0.6 is 0 Å². The van der Waals surface area contributed by atoms with E-state index < -0.39 is 21.0 Å². The SMILES string of the molecule is CC(C)(C)C(O)([Si](C)(C)c1ccccc1)[Si](C)(C)c1ccccc1. The molecule has 0 heterocycles. The van der Waals surface area contributed by atoms with E-state index in [4.69, 9.17) is 0 Å². The highest BCUT2D eigenvalue weighted by atomic mass is 28.4. The van der Waals surface area contributed by atoms with Crippen molar-refractivity contribution >= 4 is 26.5 Å². The van der Waals surface area contributed by atoms with Crippen molar-refractivity contribution in [1.82, 2.24) is 0 Å². The van der Waals surface area contributed by atoms with Crippen LogP contribution in [0.15, 0.2) is 60.7 Å². The minimum absolute atomic E-state index is 0.190. The first-order valence-corrected chi connectivity index (χ1v) is 14.8. The Morgan fingerprint density at radius 1 is 0.625 bits per heavy atom. The van der Waals surface area contributed by atoms with Gasteiger partial charge >= 0.3 is 0 Å². The van der Waals surface area contributed by atoms with Gasteiger partial charge in [-0.1, -0.05) is 118 Å². The Morgan fingerprint density at radius 3 is 1.17 bits per heavy atom. The van der Waals surface area contributed by atoms with Gasteiger partial charge in [0.2, 0.25) is 0 Å². The van der Waals surface area contributed by atoms with Gasteiger partial charge in [-0.3, -0.25) is 0 Å². The molecule has 130 valence electrons. The van der Waals surface area contributed by atoms with Gasteiger partial charge in [0.1, 0.15) is 16.1 Å². The summed E-state index contributed by atoms with van der Waals surface area (Å²) in [6.07, 6.45) is 0. The Morgan fingerprint density at radius 2 is 0.917 bits per heavy atom. The molecule has 3 heteroatoms. The molecular formula is C21H32OSi2. The van der Waals surface area contributed by atoms with E-state index in [1.165, 1.54) is 10.4 Å². The van der Waals surface area contributed by atoms with Gasteiger partial charge < -0.3 is 5.11 Å². The van der Waals surface area contributed by atoms with Crippen molar-refractivity contribution in [2.24, 2.45) is 5.41 Å². The Balaban J connectivity index is 2.73. The molecule has 2 aromatic rings. The Bertz CT molecular complexity index is 618. The first kappa shape index (κ1) is 19.2. The van der Waals surface area contributed by atoms with Gasteiger partial charge in [0, 0.05) is 0 Å². The molecule has 0 radical (unpaired) electrons. The van der Waals surface area contributed by atoms with Crippen LogP contribution < -0.4 is 10.4 Å². The van der Waals surface area contributed by atoms with E-state index in [2.05, 4.69) is 108 Å². The summed E-state index contributed by atoms with van der Waals surface area (Å²) >= 11 is 0. The third-order valence-electron chi connectivity index (χ3n) is 5.89. The molecule has 1 nitrogen and oxygen atoms in total. The summed E-state index contributed by atoms with van der Waals surface area (Å²) in [6.45, 7) is 16.0. The Kier molecular flexibility index (Phi) is 5.02. The van der Waals surface area contributed by atoms with Crippen molar-refractivity contribution in [2.45, 2.75) is 51.8 Å². The largest absolute Gasteiger partial charge is 0.395 e. The van der Waals surface area contributed by atoms with Gasteiger partial charge in [0.25, 0.3) is 0 Å². The molecule has 0 unspecified atom stereocenters. The van der Waals surface area contributed by atoms with Gasteiger partial charge in [-0.2, -0.15) is 0 Å². The van der Waals surface area contributed by atoms with Crippen LogP contribution in [0.25, 0.3) is 0 Å². The summed E-state index contributed by atoms with van der Waals surface area (Å²) in [6, 6.07) is 21.4. The van der Waals surface area contributed by atoms with Crippen LogP contribution in [0, 0.1) is 5.41 Å². The number of hydrogen-bond donors (Lipinski definition) is 1. The van der Waals surface area contributed by atoms with Crippen molar-refractivity contribution in [1.29, 1.82) is 0 Å². The average molecular weight is 357 g/mol. The molecule has 0 spiro atoms. The summed E-state index contributed by atoms with van der Waals surface area (Å²) in [4.78, 5) is -0.685. The normalized spacial score (nSPS) is 13.8. The minimum atomic E-state index is -2.17. The van der Waals surface area contributed by atoms with Crippen LogP contribution in [0.5, 0.6) is 0 Å². The lowest BCUT2D eigenvalue weighted by Gasteiger charge is -2.58. The molecule has 24 heavy (non-hydrogen) atoms. The molecule has 2 aromatic carbocycles. The van der Waals surface area contributed by atoms with E-state index in [1.54, 1.807) is 0 Å². The van der Waals surface area contributed by atoms with Crippen LogP contribution in [0.2, 0.25) is 26.2 Å². The van der Waals surface area contributed by atoms with E-state index in [0.29, 0.717) is 0 Å². The van der Waals surface area contributed by atoms with Gasteiger partial charge in [-0.05, 0) is 5.41 Å². The molecular weight excluding hydrogens is 324 g/mol. The van der Waals surface area contributed by atoms with Gasteiger partial charge in [-0.25, -0.2) is 0 Å². The Labute approximate surface area is 149 Å². The highest BCUT2D eigenvalue weighted by molar-refractivity contribution is 7.10. The maximum Gasteiger partial charge on any atom is 0.114 e. The molecule has 2 rings (SSSR count). The van der Waals surface area contributed by atoms with E-state index in [9.17, 15) is 5.11 Å². The standard InChI is InChI=1S/C21H32OSi2/c1-20(2,3)21(22,23(4,5)18-14-10-8-11-15-18)24(6,7)19-16-12-9-13-17-19/h8-17,22H,1-7H3. The zero-order valence-corrected chi connectivity index (χ0v) is 18.2. The van der Waals surface area contributed by atoms with E-state index in [0.717, 1.165) is 0 Å². The Hall–Kier alpha value is -1.17. The first-order valence-electron chi connectivity index (χ1n) is 8.79. The molecule has 0 saturated heterocycles. The van der Waals surface area contributed by atoms with Crippen LogP contribution in [0.1, 0.15) is 20.8 Å². The zero-order valence-electron chi connectivity index (χ0n) is 16.2. The van der Waals surface area contributed by atoms with E-state index >= 15 is 0 Å². The molecule has 0 aliphatic heterocycles. The monoisotopic (exact) mass is 356 g/mol. The summed E-state index contributed by atoms with van der Waals surface area (Å²) in [5.74, 6) is 0. The molecule has 0 saturated carbocycles. The van der Waals surface area contributed by atoms with Gasteiger partial charge in [-0.15, -0.1) is 0 Å². The molecule has 0 aromatic heterocycles. The highest BCUT2D eigenvalue weighted by Crippen LogP contribution is 2.44. The fourth-order valence-corrected chi connectivity index (χ4v) is 18.5. The zero-order chi connectivity index (χ0) is 18.2. The summed E-state index contributed by atoms with van der Waals surface area (Å²) in [5.41, 5.74) is -0.190. The lowest BCUT2D eigenvalue weighted by atomic mass is 9.97. The van der Waals surface area contributed by atoms with Crippen LogP contribution in [0.4, 0.5) is 0 Å². The second-order valence-corrected chi connectivity index (χ2v) is 18.5. The summed E-state index contributed by atoms with van der Waals surface area (Å²) in [5, 5.41) is 15.1. The number of hydrogen-bond acceptors (Lipinski definition) is 1. The van der Waals surface area contributed by atoms with Crippen LogP contribution in [-0.4, -0.2) is 26.1 Å². The van der Waals surface area contributed by atoms with Crippen molar-refractivity contribution < 1.29 is 5.11 Å². The molecule has 0 aliphatic carbocycles. The maximum absolute atomic E-state index is 12.4. The maximum atomic E-state index is 12.4. The highest BCUT2D eigenvalue weighted by Gasteiger charge is 2.63. The topological polar surface area (TPSA) is 20.2 Å². The van der Waals surface area contributed by atoms with Crippen molar-refractivity contribution in [3.63, 3.8) is 0 Å². The fourth-order valence-electron chi connectivity index (χ4n) is 4.78. The summed E-state index contributed by atoms with van der Waals surface area (Å²) < 4.78 is 0. The van der Waals surface area contributed by atoms with Crippen LogP contribution in [-0.2, 0) is 0 Å². The second kappa shape index (κ2) is 6.28. The molecule has 0 bridgehead atoms. The average Bonchev–Trinajstić information content (AvgIpc) is 2.54. The lowest BCUT2D eigenvalue weighted by molar-refractivity contribution is 0.0753. The quantitative estimate of drug-likeness (QED) is 0.819. The number of rotatable bonds is 4. The van der Waals surface area contributed by atoms with Gasteiger partial charge in [0.15, 0.2) is 0 Å². The smallest absolute Gasteiger partial charge is 0.114 e. The predicted octanol–water partition coefficient (Wildman–Crippen LogP) is 4.07. The van der Waals surface area contributed by atoms with Crippen LogP contribution in [0.3, 0.4) is 0 Å². The predicted molar refractivity (Wildman–Crippen MR) is 112 cm³/mol. The van der Waals surface area contributed by atoms with E-state index in [1.807, 2.05) is 0 Å². The molecule has 0 fully saturated rings. The van der Waals surface area contributed by atoms with Crippen molar-refractivity contribution in [3.05, 3.63) is 60.7 Å². The van der Waals surface area contributed by atoms with Crippen molar-refractivity contribution in [2.75, 3.05) is 0 Å². The molecule has 1 N–H and O–H groups in total. The summed E-state index contributed by atoms with van der Waals surface area (Å²) in [7, 11) is -4.34.